The summed E-state index contributed by atoms with van der Waals surface area (Å²) in [6.45, 7) is 0.400. The monoisotopic (exact) mass is 363 g/mol. The summed E-state index contributed by atoms with van der Waals surface area (Å²) in [5.41, 5.74) is -0.472. The van der Waals surface area contributed by atoms with Crippen molar-refractivity contribution in [3.8, 4) is 0 Å². The number of alkyl halides is 3. The molecule has 0 aliphatic heterocycles. The third-order valence-electron chi connectivity index (χ3n) is 3.82. The first-order valence-corrected chi connectivity index (χ1v) is 7.90. The van der Waals surface area contributed by atoms with Crippen LogP contribution in [0.5, 0.6) is 0 Å². The number of nitrogens with zero attached hydrogens (tertiary/aromatic N) is 1. The molecule has 0 atom stereocenters. The molecular formula is C19H16F3NO3. The summed E-state index contributed by atoms with van der Waals surface area (Å²) in [5, 5.41) is 0. The van der Waals surface area contributed by atoms with E-state index in [2.05, 4.69) is 0 Å². The van der Waals surface area contributed by atoms with Crippen molar-refractivity contribution in [3.05, 3.63) is 83.7 Å². The van der Waals surface area contributed by atoms with Gasteiger partial charge in [0.05, 0.1) is 37.6 Å². The van der Waals surface area contributed by atoms with Crippen molar-refractivity contribution in [2.75, 3.05) is 0 Å². The van der Waals surface area contributed by atoms with Crippen molar-refractivity contribution < 1.29 is 26.8 Å². The molecule has 1 aromatic carbocycles. The molecule has 0 spiro atoms. The molecular weight excluding hydrogens is 347 g/mol. The number of benzene rings is 1. The summed E-state index contributed by atoms with van der Waals surface area (Å²) in [6.07, 6.45) is -1.60. The van der Waals surface area contributed by atoms with Crippen molar-refractivity contribution in [2.45, 2.75) is 25.7 Å². The van der Waals surface area contributed by atoms with E-state index in [1.54, 1.807) is 24.3 Å². The first kappa shape index (κ1) is 17.8. The van der Waals surface area contributed by atoms with Gasteiger partial charge in [-0.15, -0.1) is 0 Å². The molecule has 0 bridgehead atoms. The minimum atomic E-state index is -4.44. The van der Waals surface area contributed by atoms with Crippen molar-refractivity contribution in [1.29, 1.82) is 0 Å². The highest BCUT2D eigenvalue weighted by Crippen LogP contribution is 2.29. The molecule has 4 nitrogen and oxygen atoms in total. The molecule has 0 aliphatic carbocycles. The molecule has 2 heterocycles. The number of hydrogen-bond acceptors (Lipinski definition) is 3. The lowest BCUT2D eigenvalue weighted by Crippen LogP contribution is -2.31. The van der Waals surface area contributed by atoms with Gasteiger partial charge < -0.3 is 13.7 Å². The van der Waals surface area contributed by atoms with Crippen molar-refractivity contribution in [1.82, 2.24) is 4.90 Å². The maximum absolute atomic E-state index is 12.8. The Bertz CT molecular complexity index is 803. The lowest BCUT2D eigenvalue weighted by molar-refractivity contribution is -0.138. The van der Waals surface area contributed by atoms with Crippen LogP contribution >= 0.6 is 0 Å². The van der Waals surface area contributed by atoms with Crippen LogP contribution < -0.4 is 0 Å². The summed E-state index contributed by atoms with van der Waals surface area (Å²) in [5.74, 6) is 0.833. The smallest absolute Gasteiger partial charge is 0.416 e. The van der Waals surface area contributed by atoms with E-state index < -0.39 is 11.7 Å². The fraction of sp³-hybridized carbons (Fsp3) is 0.211. The first-order valence-electron chi connectivity index (χ1n) is 7.90. The average molecular weight is 363 g/mol. The molecule has 7 heteroatoms. The van der Waals surface area contributed by atoms with E-state index in [0.29, 0.717) is 17.1 Å². The molecule has 0 radical (unpaired) electrons. The van der Waals surface area contributed by atoms with Crippen LogP contribution in [0.3, 0.4) is 0 Å². The quantitative estimate of drug-likeness (QED) is 0.640. The van der Waals surface area contributed by atoms with Crippen LogP contribution in [-0.4, -0.2) is 10.8 Å². The fourth-order valence-electron chi connectivity index (χ4n) is 2.56. The van der Waals surface area contributed by atoms with E-state index in [1.807, 2.05) is 0 Å². The van der Waals surface area contributed by atoms with Crippen molar-refractivity contribution in [2.24, 2.45) is 0 Å². The molecule has 1 amide bonds. The molecule has 0 saturated carbocycles. The second-order valence-corrected chi connectivity index (χ2v) is 5.78. The van der Waals surface area contributed by atoms with E-state index in [4.69, 9.17) is 8.83 Å². The Morgan fingerprint density at radius 2 is 1.54 bits per heavy atom. The number of halogens is 3. The largest absolute Gasteiger partial charge is 0.467 e. The van der Waals surface area contributed by atoms with Gasteiger partial charge in [-0.2, -0.15) is 13.2 Å². The molecule has 0 aliphatic rings. The van der Waals surface area contributed by atoms with Gasteiger partial charge >= 0.3 is 6.18 Å². The van der Waals surface area contributed by atoms with Crippen LogP contribution in [-0.2, 0) is 30.5 Å². The van der Waals surface area contributed by atoms with Gasteiger partial charge in [0.2, 0.25) is 5.91 Å². The molecule has 26 heavy (non-hydrogen) atoms. The molecule has 3 rings (SSSR count). The molecule has 0 N–H and O–H groups in total. The van der Waals surface area contributed by atoms with E-state index in [9.17, 15) is 18.0 Å². The van der Waals surface area contributed by atoms with Crippen molar-refractivity contribution >= 4 is 5.91 Å². The van der Waals surface area contributed by atoms with Gasteiger partial charge in [0.15, 0.2) is 0 Å². The van der Waals surface area contributed by atoms with Gasteiger partial charge in [-0.25, -0.2) is 0 Å². The third kappa shape index (κ3) is 4.56. The van der Waals surface area contributed by atoms with Gasteiger partial charge in [0.1, 0.15) is 11.5 Å². The van der Waals surface area contributed by atoms with Crippen LogP contribution in [0, 0.1) is 0 Å². The minimum absolute atomic E-state index is 0.147. The van der Waals surface area contributed by atoms with Crippen LogP contribution in [0.15, 0.2) is 69.9 Å². The summed E-state index contributed by atoms with van der Waals surface area (Å²) in [4.78, 5) is 14.2. The van der Waals surface area contributed by atoms with Gasteiger partial charge in [-0.05, 0) is 35.9 Å². The topological polar surface area (TPSA) is 46.6 Å². The standard InChI is InChI=1S/C19H16F3NO3/c20-19(21,22)15-5-1-4-14(10-15)11-18(24)23(12-16-6-2-8-25-16)13-17-7-3-9-26-17/h1-10H,11-13H2. The van der Waals surface area contributed by atoms with Gasteiger partial charge in [0.25, 0.3) is 0 Å². The Morgan fingerprint density at radius 1 is 0.923 bits per heavy atom. The Labute approximate surface area is 147 Å². The highest BCUT2D eigenvalue weighted by Gasteiger charge is 2.30. The lowest BCUT2D eigenvalue weighted by Gasteiger charge is -2.21. The zero-order chi connectivity index (χ0) is 18.6. The number of rotatable bonds is 6. The Kier molecular flexibility index (Phi) is 5.16. The predicted molar refractivity (Wildman–Crippen MR) is 86.8 cm³/mol. The number of amides is 1. The fourth-order valence-corrected chi connectivity index (χ4v) is 2.56. The SMILES string of the molecule is O=C(Cc1cccc(C(F)(F)F)c1)N(Cc1ccco1)Cc1ccco1. The summed E-state index contributed by atoms with van der Waals surface area (Å²) in [6, 6.07) is 11.7. The van der Waals surface area contributed by atoms with E-state index >= 15 is 0 Å². The number of carbonyl (C=O) groups is 1. The molecule has 0 fully saturated rings. The zero-order valence-corrected chi connectivity index (χ0v) is 13.7. The normalized spacial score (nSPS) is 11.5. The third-order valence-corrected chi connectivity index (χ3v) is 3.82. The van der Waals surface area contributed by atoms with E-state index in [-0.39, 0.29) is 25.4 Å². The molecule has 2 aromatic heterocycles. The second-order valence-electron chi connectivity index (χ2n) is 5.78. The van der Waals surface area contributed by atoms with Gasteiger partial charge in [-0.3, -0.25) is 4.79 Å². The molecule has 3 aromatic rings. The van der Waals surface area contributed by atoms with Crippen LogP contribution in [0.1, 0.15) is 22.6 Å². The number of hydrogen-bond donors (Lipinski definition) is 0. The van der Waals surface area contributed by atoms with E-state index in [0.717, 1.165) is 12.1 Å². The Hall–Kier alpha value is -2.96. The summed E-state index contributed by atoms with van der Waals surface area (Å²) >= 11 is 0. The van der Waals surface area contributed by atoms with Crippen LogP contribution in [0.4, 0.5) is 13.2 Å². The average Bonchev–Trinajstić information content (AvgIpc) is 3.27. The van der Waals surface area contributed by atoms with Crippen molar-refractivity contribution in [3.63, 3.8) is 0 Å². The number of furan rings is 2. The summed E-state index contributed by atoms with van der Waals surface area (Å²) in [7, 11) is 0. The Balaban J connectivity index is 1.76. The maximum Gasteiger partial charge on any atom is 0.416 e. The zero-order valence-electron chi connectivity index (χ0n) is 13.7. The summed E-state index contributed by atoms with van der Waals surface area (Å²) < 4.78 is 49.1. The minimum Gasteiger partial charge on any atom is -0.467 e. The first-order chi connectivity index (χ1) is 12.4. The Morgan fingerprint density at radius 3 is 2.04 bits per heavy atom. The second kappa shape index (κ2) is 7.51. The van der Waals surface area contributed by atoms with Gasteiger partial charge in [0, 0.05) is 0 Å². The molecule has 0 unspecified atom stereocenters. The number of carbonyl (C=O) groups excluding carboxylic acids is 1. The van der Waals surface area contributed by atoms with Gasteiger partial charge in [-0.1, -0.05) is 18.2 Å². The van der Waals surface area contributed by atoms with Crippen LogP contribution in [0.2, 0.25) is 0 Å². The molecule has 136 valence electrons. The van der Waals surface area contributed by atoms with Crippen LogP contribution in [0.25, 0.3) is 0 Å². The van der Waals surface area contributed by atoms with E-state index in [1.165, 1.54) is 29.6 Å². The highest BCUT2D eigenvalue weighted by atomic mass is 19.4. The predicted octanol–water partition coefficient (Wildman–Crippen LogP) is 4.66. The lowest BCUT2D eigenvalue weighted by atomic mass is 10.1. The highest BCUT2D eigenvalue weighted by molar-refractivity contribution is 5.78. The maximum atomic E-state index is 12.8. The molecule has 0 saturated heterocycles.